The minimum absolute atomic E-state index is 0.215. The van der Waals surface area contributed by atoms with E-state index in [0.29, 0.717) is 0 Å². The second-order valence-corrected chi connectivity index (χ2v) is 3.30. The standard InChI is InChI=1S/C11H17NO/c1-9-5-4-6-11(7-9)13-10(2)8-12-3/h4-7,10,12H,8H2,1-3H3/t10-/m0/s1. The monoisotopic (exact) mass is 179 g/mol. The number of hydrogen-bond acceptors (Lipinski definition) is 2. The molecule has 13 heavy (non-hydrogen) atoms. The highest BCUT2D eigenvalue weighted by Crippen LogP contribution is 2.13. The maximum atomic E-state index is 5.67. The molecule has 0 spiro atoms. The van der Waals surface area contributed by atoms with E-state index in [0.717, 1.165) is 12.3 Å². The summed E-state index contributed by atoms with van der Waals surface area (Å²) in [7, 11) is 1.93. The minimum atomic E-state index is 0.215. The Kier molecular flexibility index (Phi) is 3.77. The van der Waals surface area contributed by atoms with Gasteiger partial charge in [0.2, 0.25) is 0 Å². The SMILES string of the molecule is CNC[C@H](C)Oc1cccc(C)c1. The van der Waals surface area contributed by atoms with E-state index in [1.165, 1.54) is 5.56 Å². The van der Waals surface area contributed by atoms with Crippen LogP contribution in [0.4, 0.5) is 0 Å². The number of nitrogens with one attached hydrogen (secondary N) is 1. The largest absolute Gasteiger partial charge is 0.489 e. The van der Waals surface area contributed by atoms with Crippen LogP contribution in [0.25, 0.3) is 0 Å². The van der Waals surface area contributed by atoms with Crippen LogP contribution in [0.2, 0.25) is 0 Å². The van der Waals surface area contributed by atoms with Gasteiger partial charge in [0.25, 0.3) is 0 Å². The first kappa shape index (κ1) is 10.1. The lowest BCUT2D eigenvalue weighted by Crippen LogP contribution is -2.25. The molecule has 0 fully saturated rings. The Balaban J connectivity index is 2.53. The first-order valence-electron chi connectivity index (χ1n) is 4.60. The van der Waals surface area contributed by atoms with Crippen LogP contribution in [0.3, 0.4) is 0 Å². The van der Waals surface area contributed by atoms with Crippen LogP contribution >= 0.6 is 0 Å². The Bertz CT molecular complexity index is 260. The summed E-state index contributed by atoms with van der Waals surface area (Å²) in [5.74, 6) is 0.947. The van der Waals surface area contributed by atoms with Gasteiger partial charge in [-0.2, -0.15) is 0 Å². The Morgan fingerprint density at radius 1 is 1.46 bits per heavy atom. The summed E-state index contributed by atoms with van der Waals surface area (Å²) in [5, 5.41) is 3.08. The molecule has 1 aromatic rings. The lowest BCUT2D eigenvalue weighted by atomic mass is 10.2. The quantitative estimate of drug-likeness (QED) is 0.763. The van der Waals surface area contributed by atoms with Gasteiger partial charge in [-0.1, -0.05) is 12.1 Å². The molecule has 0 aliphatic carbocycles. The molecule has 0 aromatic heterocycles. The fraction of sp³-hybridized carbons (Fsp3) is 0.455. The van der Waals surface area contributed by atoms with E-state index in [4.69, 9.17) is 4.74 Å². The molecule has 1 aromatic carbocycles. The molecule has 0 saturated heterocycles. The van der Waals surface area contributed by atoms with Gasteiger partial charge in [0.1, 0.15) is 11.9 Å². The Hall–Kier alpha value is -1.02. The van der Waals surface area contributed by atoms with Gasteiger partial charge in [0, 0.05) is 6.54 Å². The molecule has 72 valence electrons. The van der Waals surface area contributed by atoms with Gasteiger partial charge >= 0.3 is 0 Å². The van der Waals surface area contributed by atoms with Crippen molar-refractivity contribution in [3.05, 3.63) is 29.8 Å². The molecule has 2 heteroatoms. The highest BCUT2D eigenvalue weighted by molar-refractivity contribution is 5.27. The van der Waals surface area contributed by atoms with Crippen molar-refractivity contribution in [2.75, 3.05) is 13.6 Å². The first-order chi connectivity index (χ1) is 6.22. The highest BCUT2D eigenvalue weighted by atomic mass is 16.5. The van der Waals surface area contributed by atoms with Gasteiger partial charge < -0.3 is 10.1 Å². The van der Waals surface area contributed by atoms with E-state index < -0.39 is 0 Å². The molecular formula is C11H17NO. The van der Waals surface area contributed by atoms with Crippen LogP contribution in [0.1, 0.15) is 12.5 Å². The molecule has 0 aliphatic rings. The molecule has 0 radical (unpaired) electrons. The lowest BCUT2D eigenvalue weighted by Gasteiger charge is -2.14. The number of hydrogen-bond donors (Lipinski definition) is 1. The van der Waals surface area contributed by atoms with Crippen molar-refractivity contribution in [2.45, 2.75) is 20.0 Å². The number of ether oxygens (including phenoxy) is 1. The summed E-state index contributed by atoms with van der Waals surface area (Å²) in [5.41, 5.74) is 1.23. The van der Waals surface area contributed by atoms with Crippen molar-refractivity contribution in [1.29, 1.82) is 0 Å². The Morgan fingerprint density at radius 2 is 2.23 bits per heavy atom. The van der Waals surface area contributed by atoms with Crippen LogP contribution < -0.4 is 10.1 Å². The van der Waals surface area contributed by atoms with Crippen LogP contribution in [0.5, 0.6) is 5.75 Å². The van der Waals surface area contributed by atoms with Crippen molar-refractivity contribution in [3.8, 4) is 5.75 Å². The minimum Gasteiger partial charge on any atom is -0.489 e. The fourth-order valence-electron chi connectivity index (χ4n) is 1.25. The summed E-state index contributed by atoms with van der Waals surface area (Å²) in [6.45, 7) is 4.99. The summed E-state index contributed by atoms with van der Waals surface area (Å²) in [6, 6.07) is 8.11. The second kappa shape index (κ2) is 4.87. The van der Waals surface area contributed by atoms with Crippen molar-refractivity contribution in [1.82, 2.24) is 5.32 Å². The van der Waals surface area contributed by atoms with Gasteiger partial charge in [-0.25, -0.2) is 0 Å². The highest BCUT2D eigenvalue weighted by Gasteiger charge is 2.01. The number of likely N-dealkylation sites (N-methyl/N-ethyl adjacent to an activating group) is 1. The predicted octanol–water partition coefficient (Wildman–Crippen LogP) is 1.98. The molecule has 0 amide bonds. The number of benzene rings is 1. The normalized spacial score (nSPS) is 12.5. The van der Waals surface area contributed by atoms with E-state index in [2.05, 4.69) is 25.2 Å². The third kappa shape index (κ3) is 3.47. The average molecular weight is 179 g/mol. The Labute approximate surface area is 79.9 Å². The molecule has 0 bridgehead atoms. The molecule has 0 aliphatic heterocycles. The third-order valence-corrected chi connectivity index (χ3v) is 1.82. The molecule has 0 unspecified atom stereocenters. The number of rotatable bonds is 4. The van der Waals surface area contributed by atoms with E-state index in [-0.39, 0.29) is 6.10 Å². The fourth-order valence-corrected chi connectivity index (χ4v) is 1.25. The average Bonchev–Trinajstić information content (AvgIpc) is 2.04. The maximum Gasteiger partial charge on any atom is 0.120 e. The van der Waals surface area contributed by atoms with Crippen LogP contribution in [0.15, 0.2) is 24.3 Å². The smallest absolute Gasteiger partial charge is 0.120 e. The Morgan fingerprint density at radius 3 is 2.85 bits per heavy atom. The molecule has 2 nitrogen and oxygen atoms in total. The van der Waals surface area contributed by atoms with E-state index >= 15 is 0 Å². The van der Waals surface area contributed by atoms with Gasteiger partial charge in [-0.05, 0) is 38.6 Å². The zero-order valence-electron chi connectivity index (χ0n) is 8.50. The second-order valence-electron chi connectivity index (χ2n) is 3.30. The van der Waals surface area contributed by atoms with Gasteiger partial charge in [0.15, 0.2) is 0 Å². The summed E-state index contributed by atoms with van der Waals surface area (Å²) < 4.78 is 5.67. The number of aryl methyl sites for hydroxylation is 1. The maximum absolute atomic E-state index is 5.67. The predicted molar refractivity (Wildman–Crippen MR) is 55.2 cm³/mol. The van der Waals surface area contributed by atoms with Gasteiger partial charge in [-0.15, -0.1) is 0 Å². The molecular weight excluding hydrogens is 162 g/mol. The molecule has 0 saturated carbocycles. The lowest BCUT2D eigenvalue weighted by molar-refractivity contribution is 0.220. The van der Waals surface area contributed by atoms with Crippen LogP contribution in [-0.2, 0) is 0 Å². The van der Waals surface area contributed by atoms with Gasteiger partial charge in [0.05, 0.1) is 0 Å². The van der Waals surface area contributed by atoms with E-state index in [9.17, 15) is 0 Å². The molecule has 1 N–H and O–H groups in total. The third-order valence-electron chi connectivity index (χ3n) is 1.82. The first-order valence-corrected chi connectivity index (χ1v) is 4.60. The molecule has 1 rings (SSSR count). The van der Waals surface area contributed by atoms with Crippen LogP contribution in [0, 0.1) is 6.92 Å². The zero-order chi connectivity index (χ0) is 9.68. The van der Waals surface area contributed by atoms with Crippen molar-refractivity contribution >= 4 is 0 Å². The molecule has 1 atom stereocenters. The van der Waals surface area contributed by atoms with E-state index in [1.807, 2.05) is 25.2 Å². The summed E-state index contributed by atoms with van der Waals surface area (Å²) in [6.07, 6.45) is 0.215. The summed E-state index contributed by atoms with van der Waals surface area (Å²) >= 11 is 0. The van der Waals surface area contributed by atoms with Crippen molar-refractivity contribution in [2.24, 2.45) is 0 Å². The van der Waals surface area contributed by atoms with E-state index in [1.54, 1.807) is 0 Å². The van der Waals surface area contributed by atoms with Gasteiger partial charge in [-0.3, -0.25) is 0 Å². The summed E-state index contributed by atoms with van der Waals surface area (Å²) in [4.78, 5) is 0. The zero-order valence-corrected chi connectivity index (χ0v) is 8.50. The van der Waals surface area contributed by atoms with Crippen LogP contribution in [-0.4, -0.2) is 19.7 Å². The molecule has 0 heterocycles. The van der Waals surface area contributed by atoms with Crippen molar-refractivity contribution < 1.29 is 4.74 Å². The topological polar surface area (TPSA) is 21.3 Å². The van der Waals surface area contributed by atoms with Crippen molar-refractivity contribution in [3.63, 3.8) is 0 Å².